The van der Waals surface area contributed by atoms with Gasteiger partial charge in [0.25, 0.3) is 0 Å². The van der Waals surface area contributed by atoms with Gasteiger partial charge in [-0.05, 0) is 45.1 Å². The Morgan fingerprint density at radius 1 is 0.905 bits per heavy atom. The summed E-state index contributed by atoms with van der Waals surface area (Å²) in [5.41, 5.74) is 0. The molecule has 1 N–H and O–H groups in total. The van der Waals surface area contributed by atoms with Crippen molar-refractivity contribution in [3.63, 3.8) is 0 Å². The molecule has 0 amide bonds. The highest BCUT2D eigenvalue weighted by Gasteiger charge is 2.33. The molecule has 3 aliphatic rings. The van der Waals surface area contributed by atoms with Gasteiger partial charge in [-0.2, -0.15) is 0 Å². The highest BCUT2D eigenvalue weighted by atomic mass is 16.5. The van der Waals surface area contributed by atoms with E-state index in [1.807, 2.05) is 0 Å². The van der Waals surface area contributed by atoms with E-state index in [0.717, 1.165) is 44.4 Å². The molecule has 0 bridgehead atoms. The number of nitrogens with zero attached hydrogens (tertiary/aromatic N) is 2. The summed E-state index contributed by atoms with van der Waals surface area (Å²) < 4.78 is 5.48. The molecule has 122 valence electrons. The molecule has 21 heavy (non-hydrogen) atoms. The second-order valence-corrected chi connectivity index (χ2v) is 7.05. The fourth-order valence-electron chi connectivity index (χ4n) is 4.33. The van der Waals surface area contributed by atoms with Gasteiger partial charge in [0, 0.05) is 44.3 Å². The van der Waals surface area contributed by atoms with Gasteiger partial charge in [-0.15, -0.1) is 0 Å². The zero-order valence-corrected chi connectivity index (χ0v) is 13.7. The third kappa shape index (κ3) is 4.19. The Kier molecular flexibility index (Phi) is 5.92. The molecule has 0 aromatic heterocycles. The van der Waals surface area contributed by atoms with Crippen molar-refractivity contribution in [1.29, 1.82) is 0 Å². The summed E-state index contributed by atoms with van der Waals surface area (Å²) in [4.78, 5) is 5.45. The predicted molar refractivity (Wildman–Crippen MR) is 86.7 cm³/mol. The number of likely N-dealkylation sites (tertiary alicyclic amines) is 1. The van der Waals surface area contributed by atoms with Gasteiger partial charge in [-0.1, -0.05) is 6.92 Å². The number of hydrogen-bond acceptors (Lipinski definition) is 4. The fraction of sp³-hybridized carbons (Fsp3) is 1.00. The quantitative estimate of drug-likeness (QED) is 0.835. The summed E-state index contributed by atoms with van der Waals surface area (Å²) in [6.07, 6.45) is 8.18. The minimum atomic E-state index is 0.791. The molecule has 3 fully saturated rings. The van der Waals surface area contributed by atoms with Crippen molar-refractivity contribution in [2.75, 3.05) is 45.9 Å². The standard InChI is InChI=1S/C17H33N3O/c1-2-8-18-15-3-5-16(6-4-15)20-9-7-17(14-20)19-10-12-21-13-11-19/h15-18H,2-14H2,1H3. The lowest BCUT2D eigenvalue weighted by Gasteiger charge is -2.36. The van der Waals surface area contributed by atoms with E-state index < -0.39 is 0 Å². The topological polar surface area (TPSA) is 27.7 Å². The molecule has 1 atom stereocenters. The lowest BCUT2D eigenvalue weighted by molar-refractivity contribution is 0.0170. The van der Waals surface area contributed by atoms with E-state index in [9.17, 15) is 0 Å². The van der Waals surface area contributed by atoms with Crippen molar-refractivity contribution < 1.29 is 4.74 Å². The SMILES string of the molecule is CCCNC1CCC(N2CCC(N3CCOCC3)C2)CC1. The Morgan fingerprint density at radius 2 is 1.67 bits per heavy atom. The molecule has 1 aliphatic carbocycles. The molecular weight excluding hydrogens is 262 g/mol. The molecule has 1 saturated carbocycles. The number of morpholine rings is 1. The first kappa shape index (κ1) is 15.7. The van der Waals surface area contributed by atoms with Crippen molar-refractivity contribution in [3.05, 3.63) is 0 Å². The third-order valence-electron chi connectivity index (χ3n) is 5.65. The van der Waals surface area contributed by atoms with Crippen LogP contribution in [0.1, 0.15) is 45.4 Å². The van der Waals surface area contributed by atoms with Gasteiger partial charge in [0.2, 0.25) is 0 Å². The Morgan fingerprint density at radius 3 is 2.38 bits per heavy atom. The third-order valence-corrected chi connectivity index (χ3v) is 5.65. The molecule has 4 heteroatoms. The van der Waals surface area contributed by atoms with E-state index >= 15 is 0 Å². The zero-order valence-electron chi connectivity index (χ0n) is 13.7. The van der Waals surface area contributed by atoms with Crippen LogP contribution in [0.4, 0.5) is 0 Å². The Hall–Kier alpha value is -0.160. The van der Waals surface area contributed by atoms with E-state index in [-0.39, 0.29) is 0 Å². The first-order chi connectivity index (χ1) is 10.4. The number of rotatable bonds is 5. The van der Waals surface area contributed by atoms with Crippen LogP contribution < -0.4 is 5.32 Å². The number of hydrogen-bond donors (Lipinski definition) is 1. The van der Waals surface area contributed by atoms with E-state index in [0.29, 0.717) is 0 Å². The molecular formula is C17H33N3O. The van der Waals surface area contributed by atoms with Gasteiger partial charge in [0.05, 0.1) is 13.2 Å². The molecule has 2 heterocycles. The van der Waals surface area contributed by atoms with E-state index in [4.69, 9.17) is 4.74 Å². The normalized spacial score (nSPS) is 36.1. The van der Waals surface area contributed by atoms with Crippen LogP contribution in [0.2, 0.25) is 0 Å². The van der Waals surface area contributed by atoms with Crippen LogP contribution in [0.3, 0.4) is 0 Å². The zero-order chi connectivity index (χ0) is 14.5. The lowest BCUT2D eigenvalue weighted by Crippen LogP contribution is -2.46. The number of ether oxygens (including phenoxy) is 1. The average molecular weight is 295 g/mol. The first-order valence-electron chi connectivity index (χ1n) is 9.16. The van der Waals surface area contributed by atoms with Crippen molar-refractivity contribution in [1.82, 2.24) is 15.1 Å². The van der Waals surface area contributed by atoms with Crippen LogP contribution in [0, 0.1) is 0 Å². The monoisotopic (exact) mass is 295 g/mol. The van der Waals surface area contributed by atoms with Crippen molar-refractivity contribution >= 4 is 0 Å². The first-order valence-corrected chi connectivity index (χ1v) is 9.16. The van der Waals surface area contributed by atoms with Crippen LogP contribution in [-0.4, -0.2) is 73.9 Å². The van der Waals surface area contributed by atoms with Crippen LogP contribution in [0.25, 0.3) is 0 Å². The lowest BCUT2D eigenvalue weighted by atomic mass is 9.90. The largest absolute Gasteiger partial charge is 0.379 e. The maximum atomic E-state index is 5.48. The van der Waals surface area contributed by atoms with Crippen LogP contribution >= 0.6 is 0 Å². The maximum absolute atomic E-state index is 5.48. The predicted octanol–water partition coefficient (Wildman–Crippen LogP) is 1.70. The molecule has 0 aromatic carbocycles. The smallest absolute Gasteiger partial charge is 0.0594 e. The summed E-state index contributed by atoms with van der Waals surface area (Å²) in [5, 5.41) is 3.70. The minimum Gasteiger partial charge on any atom is -0.379 e. The summed E-state index contributed by atoms with van der Waals surface area (Å²) >= 11 is 0. The van der Waals surface area contributed by atoms with E-state index in [1.54, 1.807) is 0 Å². The van der Waals surface area contributed by atoms with Gasteiger partial charge < -0.3 is 10.1 Å². The minimum absolute atomic E-state index is 0.791. The highest BCUT2D eigenvalue weighted by molar-refractivity contribution is 4.90. The van der Waals surface area contributed by atoms with Crippen molar-refractivity contribution in [2.24, 2.45) is 0 Å². The van der Waals surface area contributed by atoms with Crippen LogP contribution in [0.15, 0.2) is 0 Å². The van der Waals surface area contributed by atoms with E-state index in [1.165, 1.54) is 58.2 Å². The van der Waals surface area contributed by atoms with Gasteiger partial charge in [0.1, 0.15) is 0 Å². The van der Waals surface area contributed by atoms with Gasteiger partial charge in [0.15, 0.2) is 0 Å². The second kappa shape index (κ2) is 7.91. The average Bonchev–Trinajstić information content (AvgIpc) is 3.04. The van der Waals surface area contributed by atoms with Crippen LogP contribution in [-0.2, 0) is 4.74 Å². The Balaban J connectivity index is 1.40. The molecule has 3 rings (SSSR count). The summed E-state index contributed by atoms with van der Waals surface area (Å²) in [6, 6.07) is 2.44. The maximum Gasteiger partial charge on any atom is 0.0594 e. The summed E-state index contributed by atoms with van der Waals surface area (Å²) in [7, 11) is 0. The Labute approximate surface area is 130 Å². The number of nitrogens with one attached hydrogen (secondary N) is 1. The van der Waals surface area contributed by atoms with Crippen molar-refractivity contribution in [2.45, 2.75) is 63.6 Å². The molecule has 2 aliphatic heterocycles. The van der Waals surface area contributed by atoms with Gasteiger partial charge in [-0.25, -0.2) is 0 Å². The summed E-state index contributed by atoms with van der Waals surface area (Å²) in [6.45, 7) is 10.2. The Bertz CT molecular complexity index is 298. The molecule has 2 saturated heterocycles. The molecule has 4 nitrogen and oxygen atoms in total. The van der Waals surface area contributed by atoms with E-state index in [2.05, 4.69) is 22.0 Å². The summed E-state index contributed by atoms with van der Waals surface area (Å²) in [5.74, 6) is 0. The highest BCUT2D eigenvalue weighted by Crippen LogP contribution is 2.27. The second-order valence-electron chi connectivity index (χ2n) is 7.05. The fourth-order valence-corrected chi connectivity index (χ4v) is 4.33. The molecule has 0 spiro atoms. The van der Waals surface area contributed by atoms with Crippen molar-refractivity contribution in [3.8, 4) is 0 Å². The molecule has 1 unspecified atom stereocenters. The molecule has 0 aromatic rings. The van der Waals surface area contributed by atoms with Gasteiger partial charge >= 0.3 is 0 Å². The molecule has 0 radical (unpaired) electrons. The van der Waals surface area contributed by atoms with Gasteiger partial charge in [-0.3, -0.25) is 9.80 Å². The van der Waals surface area contributed by atoms with Crippen LogP contribution in [0.5, 0.6) is 0 Å².